The maximum atomic E-state index is 14.0. The number of amidine groups is 1. The first-order chi connectivity index (χ1) is 13.6. The van der Waals surface area contributed by atoms with Crippen molar-refractivity contribution in [1.29, 1.82) is 0 Å². The number of alkyl halides is 2. The second-order valence-corrected chi connectivity index (χ2v) is 6.57. The van der Waals surface area contributed by atoms with E-state index in [-0.39, 0.29) is 28.8 Å². The summed E-state index contributed by atoms with van der Waals surface area (Å²) in [6.45, 7) is 1.14. The highest BCUT2D eigenvalue weighted by molar-refractivity contribution is 6.31. The van der Waals surface area contributed by atoms with Gasteiger partial charge in [-0.25, -0.2) is 22.9 Å². The molecule has 0 radical (unpaired) electrons. The number of rotatable bonds is 3. The molecule has 3 rings (SSSR count). The fraction of sp³-hybridized carbons (Fsp3) is 0.278. The number of pyridine rings is 1. The standard InChI is InChI=1S/C11H11ClF3N3O.C7H7NO2/c12-7-2-5(16)1-6(9(7)13)11(10(14)15)4-19-3-8(17)18-11;1-5-3-2-4-8-6(5)7(9)10/h1-2,10H,3-4,16H2,(H2,17,18);2-4H,1H3,(H,9,10)/t11-;/m0./s1. The van der Waals surface area contributed by atoms with Crippen molar-refractivity contribution in [2.45, 2.75) is 18.9 Å². The average Bonchev–Trinajstić information content (AvgIpc) is 2.65. The van der Waals surface area contributed by atoms with E-state index in [1.807, 2.05) is 0 Å². The van der Waals surface area contributed by atoms with Crippen molar-refractivity contribution < 1.29 is 27.8 Å². The number of ether oxygens (including phenoxy) is 1. The number of benzene rings is 1. The third-order valence-corrected chi connectivity index (χ3v) is 4.28. The maximum Gasteiger partial charge on any atom is 0.354 e. The molecule has 0 unspecified atom stereocenters. The quantitative estimate of drug-likeness (QED) is 0.643. The molecule has 1 atom stereocenters. The monoisotopic (exact) mass is 430 g/mol. The molecule has 2 heterocycles. The minimum Gasteiger partial charge on any atom is -0.477 e. The zero-order valence-electron chi connectivity index (χ0n) is 15.2. The number of nitrogens with two attached hydrogens (primary N) is 2. The van der Waals surface area contributed by atoms with Gasteiger partial charge in [-0.05, 0) is 30.7 Å². The minimum absolute atomic E-state index is 0.0563. The molecule has 1 aromatic heterocycles. The molecule has 156 valence electrons. The zero-order chi connectivity index (χ0) is 21.8. The van der Waals surface area contributed by atoms with Gasteiger partial charge in [0.05, 0.1) is 11.6 Å². The number of aliphatic imine (C=N–C) groups is 1. The summed E-state index contributed by atoms with van der Waals surface area (Å²) in [5.74, 6) is -2.11. The number of aryl methyl sites for hydroxylation is 1. The Bertz CT molecular complexity index is 943. The first kappa shape index (κ1) is 22.4. The maximum absolute atomic E-state index is 14.0. The van der Waals surface area contributed by atoms with E-state index in [0.717, 1.165) is 12.1 Å². The fourth-order valence-corrected chi connectivity index (χ4v) is 2.86. The number of hydrogen-bond acceptors (Lipinski definition) is 6. The van der Waals surface area contributed by atoms with Crippen LogP contribution in [0.3, 0.4) is 0 Å². The first-order valence-electron chi connectivity index (χ1n) is 8.18. The fourth-order valence-electron chi connectivity index (χ4n) is 2.63. The van der Waals surface area contributed by atoms with Crippen molar-refractivity contribution in [3.05, 3.63) is 58.1 Å². The zero-order valence-corrected chi connectivity index (χ0v) is 16.0. The Balaban J connectivity index is 0.000000253. The Morgan fingerprint density at radius 2 is 2.07 bits per heavy atom. The number of halogens is 4. The predicted molar refractivity (Wildman–Crippen MR) is 102 cm³/mol. The van der Waals surface area contributed by atoms with Crippen molar-refractivity contribution in [3.63, 3.8) is 0 Å². The highest BCUT2D eigenvalue weighted by atomic mass is 35.5. The second kappa shape index (κ2) is 9.10. The van der Waals surface area contributed by atoms with Crippen molar-refractivity contribution in [3.8, 4) is 0 Å². The lowest BCUT2D eigenvalue weighted by Gasteiger charge is -2.33. The third-order valence-electron chi connectivity index (χ3n) is 4.01. The highest BCUT2D eigenvalue weighted by Gasteiger charge is 2.46. The van der Waals surface area contributed by atoms with E-state index in [1.54, 1.807) is 19.1 Å². The topological polar surface area (TPSA) is 124 Å². The molecule has 5 N–H and O–H groups in total. The van der Waals surface area contributed by atoms with Crippen LogP contribution >= 0.6 is 11.6 Å². The third kappa shape index (κ3) is 4.96. The van der Waals surface area contributed by atoms with Crippen molar-refractivity contribution in [2.24, 2.45) is 10.7 Å². The van der Waals surface area contributed by atoms with E-state index in [1.165, 1.54) is 6.20 Å². The summed E-state index contributed by atoms with van der Waals surface area (Å²) in [6.07, 6.45) is -1.55. The summed E-state index contributed by atoms with van der Waals surface area (Å²) in [5, 5.41) is 8.15. The van der Waals surface area contributed by atoms with Gasteiger partial charge in [-0.1, -0.05) is 17.7 Å². The van der Waals surface area contributed by atoms with Gasteiger partial charge in [-0.2, -0.15) is 0 Å². The van der Waals surface area contributed by atoms with Crippen LogP contribution in [0.4, 0.5) is 18.9 Å². The van der Waals surface area contributed by atoms with Crippen molar-refractivity contribution >= 4 is 29.1 Å². The van der Waals surface area contributed by atoms with Crippen LogP contribution in [0.15, 0.2) is 35.5 Å². The van der Waals surface area contributed by atoms with Crippen molar-refractivity contribution in [1.82, 2.24) is 4.98 Å². The number of carboxylic acid groups (broad SMARTS) is 1. The molecule has 0 saturated carbocycles. The average molecular weight is 431 g/mol. The van der Waals surface area contributed by atoms with Crippen LogP contribution in [0.25, 0.3) is 0 Å². The predicted octanol–water partition coefficient (Wildman–Crippen LogP) is 3.00. The first-order valence-corrected chi connectivity index (χ1v) is 8.56. The Morgan fingerprint density at radius 1 is 1.38 bits per heavy atom. The number of carboxylic acids is 1. The van der Waals surface area contributed by atoms with E-state index < -0.39 is 35.9 Å². The Hall–Kier alpha value is -2.85. The van der Waals surface area contributed by atoms with Gasteiger partial charge >= 0.3 is 5.97 Å². The molecule has 11 heteroatoms. The molecular weight excluding hydrogens is 413 g/mol. The smallest absolute Gasteiger partial charge is 0.354 e. The Labute approximate surface area is 169 Å². The Kier molecular flexibility index (Phi) is 7.04. The van der Waals surface area contributed by atoms with Crippen LogP contribution in [0.1, 0.15) is 21.6 Å². The molecular formula is C18H18ClF3N4O3. The van der Waals surface area contributed by atoms with E-state index in [4.69, 9.17) is 32.9 Å². The number of aromatic nitrogens is 1. The van der Waals surface area contributed by atoms with E-state index in [2.05, 4.69) is 9.98 Å². The summed E-state index contributed by atoms with van der Waals surface area (Å²) in [4.78, 5) is 17.7. The van der Waals surface area contributed by atoms with Crippen LogP contribution in [0, 0.1) is 12.7 Å². The van der Waals surface area contributed by atoms with Gasteiger partial charge in [0, 0.05) is 17.4 Å². The van der Waals surface area contributed by atoms with Gasteiger partial charge in [0.25, 0.3) is 6.43 Å². The number of nitrogens with zero attached hydrogens (tertiary/aromatic N) is 2. The lowest BCUT2D eigenvalue weighted by atomic mass is 9.90. The molecule has 2 aromatic rings. The van der Waals surface area contributed by atoms with E-state index in [0.29, 0.717) is 5.56 Å². The SMILES string of the molecule is Cc1cccnc1C(=O)O.NC1=N[C@@](c2cc(N)cc(Cl)c2F)(C(F)F)COC1. The summed E-state index contributed by atoms with van der Waals surface area (Å²) in [5.41, 5.74) is 9.16. The normalized spacial score (nSPS) is 18.6. The van der Waals surface area contributed by atoms with Gasteiger partial charge in [-0.15, -0.1) is 0 Å². The van der Waals surface area contributed by atoms with Crippen LogP contribution < -0.4 is 11.5 Å². The van der Waals surface area contributed by atoms with Gasteiger partial charge in [0.2, 0.25) is 0 Å². The molecule has 7 nitrogen and oxygen atoms in total. The molecule has 1 aliphatic heterocycles. The van der Waals surface area contributed by atoms with Crippen LogP contribution in [-0.2, 0) is 10.3 Å². The summed E-state index contributed by atoms with van der Waals surface area (Å²) < 4.78 is 45.7. The number of hydrogen-bond donors (Lipinski definition) is 3. The lowest BCUT2D eigenvalue weighted by molar-refractivity contribution is -0.0145. The van der Waals surface area contributed by atoms with Gasteiger partial charge < -0.3 is 21.3 Å². The summed E-state index contributed by atoms with van der Waals surface area (Å²) >= 11 is 5.62. The number of aromatic carboxylic acids is 1. The molecule has 29 heavy (non-hydrogen) atoms. The Morgan fingerprint density at radius 3 is 2.59 bits per heavy atom. The largest absolute Gasteiger partial charge is 0.477 e. The molecule has 0 spiro atoms. The molecule has 0 amide bonds. The van der Waals surface area contributed by atoms with E-state index >= 15 is 0 Å². The van der Waals surface area contributed by atoms with Gasteiger partial charge in [0.15, 0.2) is 11.2 Å². The number of nitrogen functional groups attached to an aromatic ring is 1. The van der Waals surface area contributed by atoms with E-state index in [9.17, 15) is 18.0 Å². The molecule has 0 saturated heterocycles. The van der Waals surface area contributed by atoms with Crippen LogP contribution in [0.2, 0.25) is 5.02 Å². The number of anilines is 1. The molecule has 0 aliphatic carbocycles. The minimum atomic E-state index is -3.02. The highest BCUT2D eigenvalue weighted by Crippen LogP contribution is 2.39. The molecule has 0 fully saturated rings. The lowest BCUT2D eigenvalue weighted by Crippen LogP contribution is -2.45. The van der Waals surface area contributed by atoms with Crippen LogP contribution in [0.5, 0.6) is 0 Å². The number of carbonyl (C=O) groups is 1. The molecule has 0 bridgehead atoms. The van der Waals surface area contributed by atoms with Gasteiger partial charge in [0.1, 0.15) is 18.3 Å². The van der Waals surface area contributed by atoms with Gasteiger partial charge in [-0.3, -0.25) is 4.99 Å². The summed E-state index contributed by atoms with van der Waals surface area (Å²) in [7, 11) is 0. The van der Waals surface area contributed by atoms with Crippen LogP contribution in [-0.4, -0.2) is 41.5 Å². The summed E-state index contributed by atoms with van der Waals surface area (Å²) in [6, 6.07) is 5.63. The molecule has 1 aliphatic rings. The second-order valence-electron chi connectivity index (χ2n) is 6.16. The molecule has 1 aromatic carbocycles. The van der Waals surface area contributed by atoms with Crippen molar-refractivity contribution in [2.75, 3.05) is 18.9 Å².